The predicted octanol–water partition coefficient (Wildman–Crippen LogP) is 0.477. The van der Waals surface area contributed by atoms with Gasteiger partial charge in [-0.2, -0.15) is 5.10 Å². The van der Waals surface area contributed by atoms with Crippen molar-refractivity contribution in [1.29, 1.82) is 0 Å². The Balaban J connectivity index is 1.59. The number of carbonyl (C=O) groups is 2. The van der Waals surface area contributed by atoms with Gasteiger partial charge in [0.05, 0.1) is 12.2 Å². The lowest BCUT2D eigenvalue weighted by atomic mass is 9.85. The van der Waals surface area contributed by atoms with Gasteiger partial charge in [-0.05, 0) is 33.2 Å². The lowest BCUT2D eigenvalue weighted by Gasteiger charge is -2.45. The molecule has 0 saturated carbocycles. The highest BCUT2D eigenvalue weighted by atomic mass is 16.2. The average Bonchev–Trinajstić information content (AvgIpc) is 2.99. The Bertz CT molecular complexity index is 635. The van der Waals surface area contributed by atoms with Gasteiger partial charge in [-0.1, -0.05) is 0 Å². The summed E-state index contributed by atoms with van der Waals surface area (Å²) in [5.41, 5.74) is 0.509. The maximum Gasteiger partial charge on any atom is 0.317 e. The molecule has 0 unspecified atom stereocenters. The molecular formula is C17H28N6O2. The fourth-order valence-electron chi connectivity index (χ4n) is 3.78. The van der Waals surface area contributed by atoms with E-state index in [1.807, 2.05) is 32.1 Å². The first-order valence-corrected chi connectivity index (χ1v) is 8.96. The van der Waals surface area contributed by atoms with E-state index in [4.69, 9.17) is 0 Å². The molecule has 0 bridgehead atoms. The number of piperidine rings is 1. The number of nitrogens with one attached hydrogen (secondary N) is 2. The molecule has 8 heteroatoms. The molecule has 3 rings (SSSR count). The Hall–Kier alpha value is -2.09. The van der Waals surface area contributed by atoms with Crippen LogP contribution in [0.25, 0.3) is 0 Å². The van der Waals surface area contributed by atoms with Gasteiger partial charge in [0, 0.05) is 45.0 Å². The Morgan fingerprint density at radius 2 is 2.04 bits per heavy atom. The monoisotopic (exact) mass is 348 g/mol. The molecule has 2 aliphatic rings. The van der Waals surface area contributed by atoms with E-state index in [1.54, 1.807) is 10.9 Å². The minimum absolute atomic E-state index is 0.0807. The molecule has 0 radical (unpaired) electrons. The first kappa shape index (κ1) is 17.7. The number of urea groups is 1. The number of amides is 3. The number of likely N-dealkylation sites (N-methyl/N-ethyl adjacent to an activating group) is 1. The molecule has 2 fully saturated rings. The van der Waals surface area contributed by atoms with Crippen LogP contribution in [0, 0.1) is 0 Å². The van der Waals surface area contributed by atoms with Crippen molar-refractivity contribution in [3.05, 3.63) is 18.0 Å². The summed E-state index contributed by atoms with van der Waals surface area (Å²) in [6.45, 7) is 4.76. The second-order valence-corrected chi connectivity index (χ2v) is 7.17. The van der Waals surface area contributed by atoms with E-state index in [0.717, 1.165) is 25.1 Å². The number of aromatic nitrogens is 2. The minimum Gasteiger partial charge on any atom is -0.354 e. The predicted molar refractivity (Wildman–Crippen MR) is 93.9 cm³/mol. The third-order valence-corrected chi connectivity index (χ3v) is 5.55. The highest BCUT2D eigenvalue weighted by Gasteiger charge is 2.46. The number of hydrogen-bond donors (Lipinski definition) is 2. The van der Waals surface area contributed by atoms with Gasteiger partial charge in [0.2, 0.25) is 5.91 Å². The van der Waals surface area contributed by atoms with Crippen molar-refractivity contribution in [2.75, 3.05) is 33.2 Å². The summed E-state index contributed by atoms with van der Waals surface area (Å²) in [7, 11) is 3.88. The maximum atomic E-state index is 12.6. The van der Waals surface area contributed by atoms with Gasteiger partial charge >= 0.3 is 6.03 Å². The quantitative estimate of drug-likeness (QED) is 0.814. The lowest BCUT2D eigenvalue weighted by Crippen LogP contribution is -2.62. The van der Waals surface area contributed by atoms with Crippen molar-refractivity contribution >= 4 is 11.9 Å². The smallest absolute Gasteiger partial charge is 0.317 e. The van der Waals surface area contributed by atoms with Crippen LogP contribution < -0.4 is 10.6 Å². The summed E-state index contributed by atoms with van der Waals surface area (Å²) in [6.07, 6.45) is 5.98. The molecule has 8 nitrogen and oxygen atoms in total. The molecule has 1 spiro atoms. The van der Waals surface area contributed by atoms with Gasteiger partial charge in [-0.15, -0.1) is 0 Å². The summed E-state index contributed by atoms with van der Waals surface area (Å²) in [5, 5.41) is 10.2. The highest BCUT2D eigenvalue weighted by molar-refractivity contribution is 5.87. The molecule has 2 aliphatic heterocycles. The van der Waals surface area contributed by atoms with Crippen LogP contribution in [0.15, 0.2) is 12.4 Å². The average molecular weight is 348 g/mol. The van der Waals surface area contributed by atoms with E-state index < -0.39 is 5.54 Å². The first-order chi connectivity index (χ1) is 11.9. The fraction of sp³-hybridized carbons (Fsp3) is 0.706. The Labute approximate surface area is 148 Å². The van der Waals surface area contributed by atoms with E-state index in [0.29, 0.717) is 25.9 Å². The summed E-state index contributed by atoms with van der Waals surface area (Å²) in [4.78, 5) is 29.1. The molecule has 1 aromatic rings. The van der Waals surface area contributed by atoms with Crippen molar-refractivity contribution in [3.63, 3.8) is 0 Å². The van der Waals surface area contributed by atoms with Crippen molar-refractivity contribution in [1.82, 2.24) is 30.2 Å². The second-order valence-electron chi connectivity index (χ2n) is 7.17. The molecule has 1 aromatic heterocycles. The van der Waals surface area contributed by atoms with E-state index in [9.17, 15) is 9.59 Å². The molecule has 3 heterocycles. The van der Waals surface area contributed by atoms with Gasteiger partial charge in [0.15, 0.2) is 0 Å². The van der Waals surface area contributed by atoms with E-state index in [-0.39, 0.29) is 18.0 Å². The number of nitrogens with zero attached hydrogens (tertiary/aromatic N) is 4. The third-order valence-electron chi connectivity index (χ3n) is 5.55. The van der Waals surface area contributed by atoms with Gasteiger partial charge in [-0.25, -0.2) is 4.79 Å². The molecule has 3 amide bonds. The Morgan fingerprint density at radius 1 is 1.32 bits per heavy atom. The van der Waals surface area contributed by atoms with Gasteiger partial charge in [0.1, 0.15) is 5.54 Å². The van der Waals surface area contributed by atoms with E-state index in [1.165, 1.54) is 0 Å². The fourth-order valence-corrected chi connectivity index (χ4v) is 3.78. The number of likely N-dealkylation sites (tertiary alicyclic amines) is 1. The zero-order chi connectivity index (χ0) is 18.0. The normalized spacial score (nSPS) is 22.4. The maximum absolute atomic E-state index is 12.6. The number of rotatable bonds is 2. The van der Waals surface area contributed by atoms with Crippen molar-refractivity contribution in [3.8, 4) is 0 Å². The SMILES string of the molecule is C[C@@H](NC(=O)N1CCC2(CC1)C(=O)NCCCN2C)c1cnn(C)c1. The van der Waals surface area contributed by atoms with Gasteiger partial charge in [-0.3, -0.25) is 14.4 Å². The van der Waals surface area contributed by atoms with Gasteiger partial charge in [0.25, 0.3) is 0 Å². The summed E-state index contributed by atoms with van der Waals surface area (Å²) in [5.74, 6) is 0.108. The molecule has 0 aromatic carbocycles. The summed E-state index contributed by atoms with van der Waals surface area (Å²) < 4.78 is 1.73. The molecule has 138 valence electrons. The Kier molecular flexibility index (Phi) is 4.99. The first-order valence-electron chi connectivity index (χ1n) is 8.96. The highest BCUT2D eigenvalue weighted by Crippen LogP contribution is 2.30. The zero-order valence-electron chi connectivity index (χ0n) is 15.3. The topological polar surface area (TPSA) is 82.5 Å². The Morgan fingerprint density at radius 3 is 2.68 bits per heavy atom. The van der Waals surface area contributed by atoms with Crippen LogP contribution in [0.2, 0.25) is 0 Å². The summed E-state index contributed by atoms with van der Waals surface area (Å²) in [6, 6.07) is -0.177. The molecule has 0 aliphatic carbocycles. The van der Waals surface area contributed by atoms with E-state index in [2.05, 4.69) is 20.6 Å². The van der Waals surface area contributed by atoms with Crippen LogP contribution in [-0.4, -0.2) is 70.3 Å². The van der Waals surface area contributed by atoms with Crippen molar-refractivity contribution in [2.45, 2.75) is 37.8 Å². The minimum atomic E-state index is -0.470. The second kappa shape index (κ2) is 7.03. The third kappa shape index (κ3) is 3.49. The number of carbonyl (C=O) groups excluding carboxylic acids is 2. The van der Waals surface area contributed by atoms with Crippen LogP contribution in [-0.2, 0) is 11.8 Å². The lowest BCUT2D eigenvalue weighted by molar-refractivity contribution is -0.134. The van der Waals surface area contributed by atoms with Crippen LogP contribution >= 0.6 is 0 Å². The largest absolute Gasteiger partial charge is 0.354 e. The zero-order valence-corrected chi connectivity index (χ0v) is 15.3. The number of hydrogen-bond acceptors (Lipinski definition) is 4. The number of aryl methyl sites for hydroxylation is 1. The molecule has 1 atom stereocenters. The molecule has 25 heavy (non-hydrogen) atoms. The van der Waals surface area contributed by atoms with Crippen molar-refractivity contribution < 1.29 is 9.59 Å². The van der Waals surface area contributed by atoms with Gasteiger partial charge < -0.3 is 15.5 Å². The van der Waals surface area contributed by atoms with Crippen LogP contribution in [0.3, 0.4) is 0 Å². The molecular weight excluding hydrogens is 320 g/mol. The van der Waals surface area contributed by atoms with E-state index >= 15 is 0 Å². The van der Waals surface area contributed by atoms with Crippen LogP contribution in [0.1, 0.15) is 37.8 Å². The van der Waals surface area contributed by atoms with Crippen LogP contribution in [0.4, 0.5) is 4.79 Å². The summed E-state index contributed by atoms with van der Waals surface area (Å²) >= 11 is 0. The van der Waals surface area contributed by atoms with Crippen molar-refractivity contribution in [2.24, 2.45) is 7.05 Å². The van der Waals surface area contributed by atoms with Crippen LogP contribution in [0.5, 0.6) is 0 Å². The molecule has 2 N–H and O–H groups in total. The molecule has 2 saturated heterocycles. The standard InChI is InChI=1S/C17H28N6O2/c1-13(14-11-19-22(3)12-14)20-16(25)23-9-5-17(6-10-23)15(24)18-7-4-8-21(17)2/h11-13H,4-10H2,1-3H3,(H,18,24)(H,20,25)/t13-/m1/s1.